The molecular formula is C38H64N7O22P3S. The maximum atomic E-state index is 12.7. The number of hydrogen-bond acceptors (Lipinski definition) is 23. The number of ketones is 1. The number of Topliss-reactive ketones (excluding diaryl/α,β-unsaturated/α-hetero) is 1. The maximum absolute atomic E-state index is 12.7. The van der Waals surface area contributed by atoms with Crippen molar-refractivity contribution in [1.82, 2.24) is 30.2 Å². The smallest absolute Gasteiger partial charge is 0.390 e. The molecule has 0 aromatic carbocycles. The molecule has 2 saturated heterocycles. The van der Waals surface area contributed by atoms with E-state index in [9.17, 15) is 72.9 Å². The number of nitrogens with zero attached hydrogens (tertiary/aromatic N) is 4. The number of nitrogens with two attached hydrogens (primary N) is 1. The Morgan fingerprint density at radius 3 is 2.34 bits per heavy atom. The van der Waals surface area contributed by atoms with Gasteiger partial charge in [-0.05, 0) is 26.7 Å². The van der Waals surface area contributed by atoms with Crippen LogP contribution in [-0.4, -0.2) is 169 Å². The zero-order valence-electron chi connectivity index (χ0n) is 39.2. The molecular weight excluding hydrogens is 1030 g/mol. The number of aliphatic hydroxyl groups excluding tert-OH is 4. The van der Waals surface area contributed by atoms with Crippen molar-refractivity contribution in [3.8, 4) is 0 Å². The van der Waals surface area contributed by atoms with Gasteiger partial charge >= 0.3 is 23.5 Å². The quantitative estimate of drug-likeness (QED) is 0.0283. The highest BCUT2D eigenvalue weighted by atomic mass is 32.2. The molecule has 2 amide bonds. The summed E-state index contributed by atoms with van der Waals surface area (Å²) < 4.78 is 73.7. The summed E-state index contributed by atoms with van der Waals surface area (Å²) in [6.07, 6.45) is -6.19. The maximum Gasteiger partial charge on any atom is 0.481 e. The van der Waals surface area contributed by atoms with Crippen LogP contribution in [0.3, 0.4) is 0 Å². The number of carbonyl (C=O) groups excluding carboxylic acids is 4. The molecule has 2 fully saturated rings. The number of unbranched alkanes of at least 4 members (excludes halogenated alkanes) is 3. The average Bonchev–Trinajstić information content (AvgIpc) is 3.83. The van der Waals surface area contributed by atoms with Crippen molar-refractivity contribution in [1.29, 1.82) is 0 Å². The molecule has 2 aromatic rings. The molecule has 4 heterocycles. The summed E-state index contributed by atoms with van der Waals surface area (Å²) in [5, 5.41) is 46.0. The Bertz CT molecular complexity index is 2260. The van der Waals surface area contributed by atoms with E-state index >= 15 is 0 Å². The fourth-order valence-corrected chi connectivity index (χ4v) is 10.6. The van der Waals surface area contributed by atoms with Crippen LogP contribution in [-0.2, 0) is 65.0 Å². The van der Waals surface area contributed by atoms with Gasteiger partial charge in [0.1, 0.15) is 48.1 Å². The number of aromatic nitrogens is 4. The molecule has 0 spiro atoms. The zero-order chi connectivity index (χ0) is 52.9. The van der Waals surface area contributed by atoms with Crippen LogP contribution in [0.1, 0.15) is 91.7 Å². The van der Waals surface area contributed by atoms with Crippen LogP contribution >= 0.6 is 35.2 Å². The third kappa shape index (κ3) is 19.7. The van der Waals surface area contributed by atoms with Crippen LogP contribution < -0.4 is 16.4 Å². The first-order chi connectivity index (χ1) is 33.1. The summed E-state index contributed by atoms with van der Waals surface area (Å²) >= 11 is 0.887. The lowest BCUT2D eigenvalue weighted by Gasteiger charge is -2.36. The lowest BCUT2D eigenvalue weighted by molar-refractivity contribution is -0.273. The lowest BCUT2D eigenvalue weighted by Crippen LogP contribution is -2.48. The second kappa shape index (κ2) is 27.0. The van der Waals surface area contributed by atoms with Gasteiger partial charge < -0.3 is 70.6 Å². The van der Waals surface area contributed by atoms with Gasteiger partial charge in [-0.25, -0.2) is 28.6 Å². The van der Waals surface area contributed by atoms with Gasteiger partial charge in [-0.1, -0.05) is 44.9 Å². The second-order valence-electron chi connectivity index (χ2n) is 17.5. The van der Waals surface area contributed by atoms with E-state index in [1.54, 1.807) is 6.92 Å². The number of hydrogen-bond donors (Lipinski definition) is 11. The lowest BCUT2D eigenvalue weighted by atomic mass is 9.87. The summed E-state index contributed by atoms with van der Waals surface area (Å²) in [6.45, 7) is 3.80. The minimum atomic E-state index is -5.61. The molecule has 2 aliphatic rings. The molecule has 0 aliphatic carbocycles. The van der Waals surface area contributed by atoms with Crippen LogP contribution in [0.25, 0.3) is 11.2 Å². The van der Waals surface area contributed by atoms with E-state index in [1.165, 1.54) is 13.8 Å². The third-order valence-corrected chi connectivity index (χ3v) is 15.0. The topological polar surface area (TPSA) is 440 Å². The van der Waals surface area contributed by atoms with E-state index in [0.717, 1.165) is 54.7 Å². The van der Waals surface area contributed by atoms with Gasteiger partial charge in [0, 0.05) is 43.5 Å². The molecule has 0 radical (unpaired) electrons. The number of nitrogen functional groups attached to an aromatic ring is 1. The number of aliphatic hydroxyl groups is 4. The first kappa shape index (κ1) is 60.6. The first-order valence-electron chi connectivity index (χ1n) is 22.3. The Morgan fingerprint density at radius 1 is 0.944 bits per heavy atom. The summed E-state index contributed by atoms with van der Waals surface area (Å²) in [5.74, 6) is -1.60. The molecule has 2 aromatic heterocycles. The Morgan fingerprint density at radius 2 is 1.63 bits per heavy atom. The number of amides is 2. The van der Waals surface area contributed by atoms with Gasteiger partial charge in [-0.2, -0.15) is 4.31 Å². The fraction of sp³-hybridized carbons (Fsp3) is 0.763. The Kier molecular flexibility index (Phi) is 23.1. The standard InChI is InChI=1S/C38H64N7O22P3S/c1-21(63-37-25(48)16-24(47)22(2)64-37)9-7-5-6-8-10-23(46)15-28(50)71-14-13-40-27(49)11-12-41-35(53)32(52)38(3,4)18-62-70(59,60)67-69(57,58)61-17-26-31(66-68(54,55)56)30(51)36(65-26)45-20-44-29-33(39)42-19-43-34(29)45/h19-22,24-26,30-32,36-37,47-48,51-52H,5-18H2,1-4H3,(H,40,49)(H,41,53)(H,57,58)(H,59,60)(H2,39,42,43)(H2,54,55,56)/t21-,22+,24-,25-,26-,30-,31-,32+,36-,37-/m1/s1. The second-order valence-corrected chi connectivity index (χ2v) is 22.9. The van der Waals surface area contributed by atoms with Crippen LogP contribution in [0.2, 0.25) is 0 Å². The van der Waals surface area contributed by atoms with Crippen molar-refractivity contribution in [3.63, 3.8) is 0 Å². The normalized spacial score (nSPS) is 25.5. The van der Waals surface area contributed by atoms with Crippen LogP contribution in [0, 0.1) is 5.41 Å². The summed E-state index contributed by atoms with van der Waals surface area (Å²) in [4.78, 5) is 101. The number of thioether (sulfide) groups is 1. The molecule has 33 heteroatoms. The van der Waals surface area contributed by atoms with E-state index in [2.05, 4.69) is 34.4 Å². The first-order valence-corrected chi connectivity index (χ1v) is 27.8. The molecule has 71 heavy (non-hydrogen) atoms. The molecule has 404 valence electrons. The molecule has 12 N–H and O–H groups in total. The van der Waals surface area contributed by atoms with Crippen molar-refractivity contribution in [2.75, 3.05) is 37.8 Å². The van der Waals surface area contributed by atoms with E-state index in [4.69, 9.17) is 29.0 Å². The molecule has 2 aliphatic heterocycles. The van der Waals surface area contributed by atoms with Gasteiger partial charge in [0.05, 0.1) is 44.3 Å². The predicted octanol–water partition coefficient (Wildman–Crippen LogP) is 0.226. The van der Waals surface area contributed by atoms with Crippen molar-refractivity contribution in [2.24, 2.45) is 5.41 Å². The van der Waals surface area contributed by atoms with Gasteiger partial charge in [0.2, 0.25) is 11.8 Å². The van der Waals surface area contributed by atoms with Crippen LogP contribution in [0.4, 0.5) is 5.82 Å². The number of anilines is 1. The Labute approximate surface area is 411 Å². The van der Waals surface area contributed by atoms with E-state index in [0.29, 0.717) is 6.42 Å². The summed E-state index contributed by atoms with van der Waals surface area (Å²) in [7, 11) is -16.5. The number of phosphoric ester groups is 3. The SMILES string of the molecule is C[C@H](CCCCCCC(=O)CC(=O)SCCNC(=O)CCNC(=O)[C@H](O)C(C)(C)COP(=O)(O)OP(=O)(O)OC[C@H]1O[C@@H](n2cnc3c(N)ncnc32)[C@H](O)[C@@H]1OP(=O)(O)O)O[C@@H]1O[C@@H](C)[C@H](O)C[C@H]1O. The van der Waals surface area contributed by atoms with Crippen molar-refractivity contribution in [2.45, 2.75) is 147 Å². The molecule has 12 atom stereocenters. The summed E-state index contributed by atoms with van der Waals surface area (Å²) in [5.41, 5.74) is 4.20. The molecule has 29 nitrogen and oxygen atoms in total. The number of phosphoric acid groups is 3. The van der Waals surface area contributed by atoms with Crippen molar-refractivity contribution < 1.29 is 105 Å². The van der Waals surface area contributed by atoms with Gasteiger partial charge in [-0.15, -0.1) is 0 Å². The summed E-state index contributed by atoms with van der Waals surface area (Å²) in [6, 6.07) is 0. The largest absolute Gasteiger partial charge is 0.481 e. The minimum Gasteiger partial charge on any atom is -0.390 e. The van der Waals surface area contributed by atoms with Crippen molar-refractivity contribution >= 4 is 74.9 Å². The molecule has 0 saturated carbocycles. The molecule has 4 rings (SSSR count). The number of ether oxygens (including phenoxy) is 3. The molecule has 0 bridgehead atoms. The fourth-order valence-electron chi connectivity index (χ4n) is 7.07. The van der Waals surface area contributed by atoms with E-state index in [-0.39, 0.29) is 78.5 Å². The van der Waals surface area contributed by atoms with E-state index < -0.39 is 109 Å². The number of fused-ring (bicyclic) bond motifs is 1. The van der Waals surface area contributed by atoms with Crippen LogP contribution in [0.5, 0.6) is 0 Å². The number of rotatable bonds is 30. The highest BCUT2D eigenvalue weighted by Gasteiger charge is 2.50. The average molecular weight is 1100 g/mol. The number of nitrogens with one attached hydrogen (secondary N) is 2. The zero-order valence-corrected chi connectivity index (χ0v) is 42.7. The minimum absolute atomic E-state index is 0.0175. The highest BCUT2D eigenvalue weighted by Crippen LogP contribution is 2.61. The van der Waals surface area contributed by atoms with Gasteiger partial charge in [0.15, 0.2) is 29.1 Å². The third-order valence-electron chi connectivity index (χ3n) is 11.0. The number of imidazole rings is 1. The monoisotopic (exact) mass is 1100 g/mol. The molecule has 2 unspecified atom stereocenters. The highest BCUT2D eigenvalue weighted by molar-refractivity contribution is 8.13. The Balaban J connectivity index is 1.08. The Hall–Kier alpha value is -2.93. The van der Waals surface area contributed by atoms with Crippen molar-refractivity contribution in [3.05, 3.63) is 12.7 Å². The predicted molar refractivity (Wildman–Crippen MR) is 246 cm³/mol. The van der Waals surface area contributed by atoms with Crippen LogP contribution in [0.15, 0.2) is 12.7 Å². The van der Waals surface area contributed by atoms with E-state index in [1.807, 2.05) is 6.92 Å². The number of carbonyl (C=O) groups is 4. The van der Waals surface area contributed by atoms with Gasteiger partial charge in [0.25, 0.3) is 0 Å². The van der Waals surface area contributed by atoms with Gasteiger partial charge in [-0.3, -0.25) is 37.3 Å².